The fraction of sp³-hybridized carbons (Fsp3) is 0.643. The molecule has 0 atom stereocenters. The van der Waals surface area contributed by atoms with Gasteiger partial charge in [0.05, 0.1) is 5.69 Å². The molecule has 2 aromatic rings. The van der Waals surface area contributed by atoms with Gasteiger partial charge in [-0.1, -0.05) is 40.0 Å². The van der Waals surface area contributed by atoms with Gasteiger partial charge in [0.15, 0.2) is 5.69 Å². The predicted molar refractivity (Wildman–Crippen MR) is 137 cm³/mol. The fourth-order valence-corrected chi connectivity index (χ4v) is 4.30. The van der Waals surface area contributed by atoms with E-state index in [1.807, 2.05) is 0 Å². The first-order chi connectivity index (χ1) is 16.4. The standard InChI is InChI=1S/C28H42F3N3O/c1-7-10-13-19-22(18-32-27(4,5)6)20(14-11-8-2)26(35)21(15-12-9-3)25(19)23-16-17-24(34-33-23)28(29,30)31/h16-17,32,35H,7-15,18H2,1-6H3. The maximum absolute atomic E-state index is 13.2. The SMILES string of the molecule is CCCCc1c(O)c(CCCC)c(-c2ccc(C(F)(F)F)nn2)c(CCCC)c1CNC(C)(C)C. The van der Waals surface area contributed by atoms with Gasteiger partial charge in [-0.3, -0.25) is 0 Å². The number of halogens is 3. The Labute approximate surface area is 208 Å². The van der Waals surface area contributed by atoms with Gasteiger partial charge in [0.1, 0.15) is 5.75 Å². The lowest BCUT2D eigenvalue weighted by molar-refractivity contribution is -0.141. The van der Waals surface area contributed by atoms with Crippen LogP contribution in [0.4, 0.5) is 13.2 Å². The van der Waals surface area contributed by atoms with Crippen LogP contribution in [0.25, 0.3) is 11.3 Å². The Morgan fingerprint density at radius 1 is 0.771 bits per heavy atom. The van der Waals surface area contributed by atoms with E-state index in [9.17, 15) is 18.3 Å². The smallest absolute Gasteiger partial charge is 0.435 e. The van der Waals surface area contributed by atoms with E-state index >= 15 is 0 Å². The van der Waals surface area contributed by atoms with E-state index in [0.717, 1.165) is 85.3 Å². The highest BCUT2D eigenvalue weighted by atomic mass is 19.4. The molecule has 1 heterocycles. The maximum atomic E-state index is 13.2. The lowest BCUT2D eigenvalue weighted by atomic mass is 9.83. The summed E-state index contributed by atoms with van der Waals surface area (Å²) < 4.78 is 39.5. The second kappa shape index (κ2) is 12.7. The minimum absolute atomic E-state index is 0.130. The van der Waals surface area contributed by atoms with E-state index in [-0.39, 0.29) is 11.3 Å². The molecule has 2 rings (SSSR count). The molecule has 0 aliphatic rings. The fourth-order valence-electron chi connectivity index (χ4n) is 4.30. The van der Waals surface area contributed by atoms with Crippen LogP contribution in [0.3, 0.4) is 0 Å². The first-order valence-electron chi connectivity index (χ1n) is 13.0. The molecular weight excluding hydrogens is 451 g/mol. The van der Waals surface area contributed by atoms with Crippen molar-refractivity contribution in [2.75, 3.05) is 0 Å². The van der Waals surface area contributed by atoms with Gasteiger partial charge in [0.25, 0.3) is 0 Å². The van der Waals surface area contributed by atoms with Crippen molar-refractivity contribution in [2.45, 2.75) is 118 Å². The molecule has 0 aliphatic heterocycles. The molecule has 0 spiro atoms. The van der Waals surface area contributed by atoms with E-state index in [0.29, 0.717) is 18.7 Å². The molecule has 196 valence electrons. The van der Waals surface area contributed by atoms with Gasteiger partial charge in [0.2, 0.25) is 0 Å². The van der Waals surface area contributed by atoms with E-state index in [2.05, 4.69) is 57.1 Å². The van der Waals surface area contributed by atoms with E-state index in [1.165, 1.54) is 6.07 Å². The van der Waals surface area contributed by atoms with Crippen LogP contribution >= 0.6 is 0 Å². The predicted octanol–water partition coefficient (Wildman–Crippen LogP) is 7.78. The van der Waals surface area contributed by atoms with Crippen LogP contribution in [0.15, 0.2) is 12.1 Å². The van der Waals surface area contributed by atoms with Gasteiger partial charge in [-0.15, -0.1) is 10.2 Å². The molecule has 7 heteroatoms. The normalized spacial score (nSPS) is 12.4. The second-order valence-corrected chi connectivity index (χ2v) is 10.4. The summed E-state index contributed by atoms with van der Waals surface area (Å²) in [7, 11) is 0. The number of aromatic hydroxyl groups is 1. The zero-order valence-electron chi connectivity index (χ0n) is 22.2. The van der Waals surface area contributed by atoms with Crippen molar-refractivity contribution in [3.8, 4) is 17.0 Å². The number of nitrogens with zero attached hydrogens (tertiary/aromatic N) is 2. The molecular formula is C28H42F3N3O. The summed E-state index contributed by atoms with van der Waals surface area (Å²) in [6.45, 7) is 13.2. The highest BCUT2D eigenvalue weighted by Crippen LogP contribution is 2.42. The van der Waals surface area contributed by atoms with Crippen molar-refractivity contribution in [2.24, 2.45) is 0 Å². The molecule has 4 nitrogen and oxygen atoms in total. The monoisotopic (exact) mass is 493 g/mol. The summed E-state index contributed by atoms with van der Waals surface area (Å²) in [5.74, 6) is 0.273. The zero-order valence-corrected chi connectivity index (χ0v) is 22.2. The molecule has 0 saturated heterocycles. The summed E-state index contributed by atoms with van der Waals surface area (Å²) in [5.41, 5.74) is 3.89. The molecule has 0 aliphatic carbocycles. The molecule has 0 radical (unpaired) electrons. The Hall–Kier alpha value is -2.15. The first-order valence-corrected chi connectivity index (χ1v) is 13.0. The number of hydrogen-bond acceptors (Lipinski definition) is 4. The largest absolute Gasteiger partial charge is 0.507 e. The zero-order chi connectivity index (χ0) is 26.2. The van der Waals surface area contributed by atoms with Crippen molar-refractivity contribution in [3.63, 3.8) is 0 Å². The van der Waals surface area contributed by atoms with Gasteiger partial charge < -0.3 is 10.4 Å². The number of phenols is 1. The lowest BCUT2D eigenvalue weighted by Crippen LogP contribution is -2.35. The summed E-state index contributed by atoms with van der Waals surface area (Å²) in [6.07, 6.45) is 3.33. The highest BCUT2D eigenvalue weighted by Gasteiger charge is 2.33. The summed E-state index contributed by atoms with van der Waals surface area (Å²) in [4.78, 5) is 0. The molecule has 1 aromatic heterocycles. The minimum atomic E-state index is -4.55. The number of benzene rings is 1. The van der Waals surface area contributed by atoms with Crippen molar-refractivity contribution in [3.05, 3.63) is 40.1 Å². The van der Waals surface area contributed by atoms with Crippen LogP contribution < -0.4 is 5.32 Å². The van der Waals surface area contributed by atoms with E-state index in [4.69, 9.17) is 0 Å². The third kappa shape index (κ3) is 7.92. The summed E-state index contributed by atoms with van der Waals surface area (Å²) >= 11 is 0. The van der Waals surface area contributed by atoms with Crippen molar-refractivity contribution in [1.29, 1.82) is 0 Å². The highest BCUT2D eigenvalue weighted by molar-refractivity contribution is 5.75. The Morgan fingerprint density at radius 2 is 1.31 bits per heavy atom. The Bertz CT molecular complexity index is 948. The molecule has 35 heavy (non-hydrogen) atoms. The van der Waals surface area contributed by atoms with Gasteiger partial charge >= 0.3 is 6.18 Å². The molecule has 0 bridgehead atoms. The Balaban J connectivity index is 2.85. The summed E-state index contributed by atoms with van der Waals surface area (Å²) in [5, 5.41) is 22.7. The number of aromatic nitrogens is 2. The van der Waals surface area contributed by atoms with Crippen LogP contribution in [0, 0.1) is 0 Å². The van der Waals surface area contributed by atoms with Crippen molar-refractivity contribution >= 4 is 0 Å². The van der Waals surface area contributed by atoms with Crippen LogP contribution in [0.1, 0.15) is 108 Å². The lowest BCUT2D eigenvalue weighted by Gasteiger charge is -2.27. The molecule has 0 unspecified atom stereocenters. The summed E-state index contributed by atoms with van der Waals surface area (Å²) in [6, 6.07) is 2.40. The quantitative estimate of drug-likeness (QED) is 0.317. The van der Waals surface area contributed by atoms with Gasteiger partial charge in [-0.25, -0.2) is 0 Å². The number of hydrogen-bond donors (Lipinski definition) is 2. The van der Waals surface area contributed by atoms with Crippen LogP contribution in [-0.2, 0) is 32.0 Å². The molecule has 0 saturated carbocycles. The average molecular weight is 494 g/mol. The Kier molecular flexibility index (Phi) is 10.6. The third-order valence-corrected chi connectivity index (χ3v) is 6.25. The third-order valence-electron chi connectivity index (χ3n) is 6.25. The molecule has 0 fully saturated rings. The van der Waals surface area contributed by atoms with E-state index < -0.39 is 11.9 Å². The maximum Gasteiger partial charge on any atom is 0.435 e. The van der Waals surface area contributed by atoms with Crippen LogP contribution in [0.2, 0.25) is 0 Å². The Morgan fingerprint density at radius 3 is 1.77 bits per heavy atom. The average Bonchev–Trinajstić information content (AvgIpc) is 2.79. The van der Waals surface area contributed by atoms with Crippen LogP contribution in [-0.4, -0.2) is 20.8 Å². The number of phenolic OH excluding ortho intramolecular Hbond substituents is 1. The van der Waals surface area contributed by atoms with Gasteiger partial charge in [0, 0.05) is 23.2 Å². The number of rotatable bonds is 12. The first kappa shape index (κ1) is 29.1. The van der Waals surface area contributed by atoms with Gasteiger partial charge in [-0.2, -0.15) is 13.2 Å². The number of alkyl halides is 3. The van der Waals surface area contributed by atoms with E-state index in [1.54, 1.807) is 0 Å². The van der Waals surface area contributed by atoms with Crippen LogP contribution in [0.5, 0.6) is 5.75 Å². The van der Waals surface area contributed by atoms with Crippen molar-refractivity contribution < 1.29 is 18.3 Å². The minimum Gasteiger partial charge on any atom is -0.507 e. The topological polar surface area (TPSA) is 58.0 Å². The van der Waals surface area contributed by atoms with Crippen molar-refractivity contribution in [1.82, 2.24) is 15.5 Å². The van der Waals surface area contributed by atoms with Gasteiger partial charge in [-0.05, 0) is 88.1 Å². The molecule has 0 amide bonds. The molecule has 1 aromatic carbocycles. The number of nitrogens with one attached hydrogen (secondary N) is 1. The molecule has 2 N–H and O–H groups in total. The second-order valence-electron chi connectivity index (χ2n) is 10.4. The number of unbranched alkanes of at least 4 members (excludes halogenated alkanes) is 3.